The fraction of sp³-hybridized carbons (Fsp3) is 0.231. The molecule has 0 heterocycles. The van der Waals surface area contributed by atoms with Crippen LogP contribution in [-0.4, -0.2) is 0 Å². The third-order valence-corrected chi connectivity index (χ3v) is 6.33. The van der Waals surface area contributed by atoms with Crippen LogP contribution in [0.1, 0.15) is 43.0 Å². The highest BCUT2D eigenvalue weighted by Gasteiger charge is 2.37. The molecule has 0 bridgehead atoms. The minimum absolute atomic E-state index is 0.0411. The van der Waals surface area contributed by atoms with Crippen molar-refractivity contribution in [1.29, 1.82) is 0 Å². The summed E-state index contributed by atoms with van der Waals surface area (Å²) in [5.41, 5.74) is 13.1. The maximum Gasteiger partial charge on any atom is 0.0120 e. The minimum Gasteiger partial charge on any atom is -0.0619 e. The third-order valence-electron chi connectivity index (χ3n) is 6.33. The van der Waals surface area contributed by atoms with Gasteiger partial charge in [-0.1, -0.05) is 80.1 Å². The molecule has 2 aromatic rings. The van der Waals surface area contributed by atoms with Crippen LogP contribution in [0.15, 0.2) is 82.5 Å². The molecule has 0 spiro atoms. The summed E-state index contributed by atoms with van der Waals surface area (Å²) in [6, 6.07) is 17.6. The van der Waals surface area contributed by atoms with E-state index in [1.807, 2.05) is 0 Å². The smallest absolute Gasteiger partial charge is 0.0120 e. The Morgan fingerprint density at radius 1 is 0.731 bits per heavy atom. The molecule has 5 rings (SSSR count). The summed E-state index contributed by atoms with van der Waals surface area (Å²) >= 11 is 0. The molecule has 0 nitrogen and oxygen atoms in total. The van der Waals surface area contributed by atoms with E-state index in [9.17, 15) is 0 Å². The maximum atomic E-state index is 2.42. The van der Waals surface area contributed by atoms with E-state index >= 15 is 0 Å². The van der Waals surface area contributed by atoms with Crippen molar-refractivity contribution in [2.24, 2.45) is 5.41 Å². The van der Waals surface area contributed by atoms with E-state index in [1.54, 1.807) is 0 Å². The van der Waals surface area contributed by atoms with Crippen LogP contribution in [0.4, 0.5) is 0 Å². The Labute approximate surface area is 156 Å². The second-order valence-electron chi connectivity index (χ2n) is 8.33. The van der Waals surface area contributed by atoms with E-state index in [-0.39, 0.29) is 5.41 Å². The lowest BCUT2D eigenvalue weighted by Gasteiger charge is -2.32. The van der Waals surface area contributed by atoms with Crippen LogP contribution in [0.2, 0.25) is 0 Å². The van der Waals surface area contributed by atoms with Gasteiger partial charge in [0.05, 0.1) is 0 Å². The Bertz CT molecular complexity index is 1050. The number of hydrogen-bond acceptors (Lipinski definition) is 0. The normalized spacial score (nSPS) is 18.0. The van der Waals surface area contributed by atoms with E-state index in [2.05, 4.69) is 87.5 Å². The van der Waals surface area contributed by atoms with E-state index in [0.29, 0.717) is 0 Å². The summed E-state index contributed by atoms with van der Waals surface area (Å²) in [6.07, 6.45) is 9.38. The monoisotopic (exact) mass is 336 g/mol. The first-order valence-corrected chi connectivity index (χ1v) is 9.55. The average molecular weight is 336 g/mol. The molecule has 0 N–H and O–H groups in total. The molecule has 0 amide bonds. The van der Waals surface area contributed by atoms with Crippen molar-refractivity contribution in [1.82, 2.24) is 0 Å². The van der Waals surface area contributed by atoms with E-state index in [1.165, 1.54) is 50.1 Å². The SMILES string of the molecule is CC1=C(C(C)(C)C2=Cc3ccccc3C2)C2=Cc3ccccc3CC2=C1. The molecular formula is C26H24. The fourth-order valence-electron chi connectivity index (χ4n) is 4.96. The van der Waals surface area contributed by atoms with Gasteiger partial charge in [-0.15, -0.1) is 0 Å². The Morgan fingerprint density at radius 3 is 2.04 bits per heavy atom. The topological polar surface area (TPSA) is 0 Å². The predicted octanol–water partition coefficient (Wildman–Crippen LogP) is 6.55. The van der Waals surface area contributed by atoms with Crippen molar-refractivity contribution in [3.8, 4) is 0 Å². The molecule has 0 aromatic heterocycles. The standard InChI is InChI=1S/C26H24/c1-17-12-22-13-18-8-4-7-11-21(18)16-24(22)25(17)26(2,3)23-14-19-9-5-6-10-20(19)15-23/h4-12,14,16H,13,15H2,1-3H3. The minimum atomic E-state index is 0.0411. The van der Waals surface area contributed by atoms with Crippen molar-refractivity contribution >= 4 is 12.2 Å². The van der Waals surface area contributed by atoms with Crippen molar-refractivity contribution < 1.29 is 0 Å². The second kappa shape index (κ2) is 5.45. The van der Waals surface area contributed by atoms with Gasteiger partial charge >= 0.3 is 0 Å². The van der Waals surface area contributed by atoms with Gasteiger partial charge in [-0.2, -0.15) is 0 Å². The molecule has 2 aromatic carbocycles. The largest absolute Gasteiger partial charge is 0.0619 e. The molecule has 0 saturated heterocycles. The summed E-state index contributed by atoms with van der Waals surface area (Å²) in [5, 5.41) is 0. The highest BCUT2D eigenvalue weighted by atomic mass is 14.4. The average Bonchev–Trinajstić information content (AvgIpc) is 3.20. The molecule has 0 aliphatic heterocycles. The highest BCUT2D eigenvalue weighted by Crippen LogP contribution is 2.51. The fourth-order valence-corrected chi connectivity index (χ4v) is 4.96. The van der Waals surface area contributed by atoms with E-state index in [4.69, 9.17) is 0 Å². The molecule has 0 radical (unpaired) electrons. The zero-order chi connectivity index (χ0) is 17.9. The van der Waals surface area contributed by atoms with Gasteiger partial charge in [0.1, 0.15) is 0 Å². The van der Waals surface area contributed by atoms with Gasteiger partial charge in [0, 0.05) is 5.41 Å². The summed E-state index contributed by atoms with van der Waals surface area (Å²) in [4.78, 5) is 0. The van der Waals surface area contributed by atoms with Crippen molar-refractivity contribution in [3.05, 3.63) is 105 Å². The van der Waals surface area contributed by atoms with Crippen LogP contribution in [0.5, 0.6) is 0 Å². The molecule has 26 heavy (non-hydrogen) atoms. The number of fused-ring (bicyclic) bond motifs is 3. The molecule has 3 aliphatic rings. The van der Waals surface area contributed by atoms with Gasteiger partial charge in [-0.25, -0.2) is 0 Å². The van der Waals surface area contributed by atoms with Crippen LogP contribution < -0.4 is 0 Å². The van der Waals surface area contributed by atoms with Gasteiger partial charge in [0.2, 0.25) is 0 Å². The van der Waals surface area contributed by atoms with Crippen LogP contribution in [0.25, 0.3) is 12.2 Å². The molecule has 0 fully saturated rings. The molecule has 0 heteroatoms. The third kappa shape index (κ3) is 2.22. The number of hydrogen-bond donors (Lipinski definition) is 0. The Balaban J connectivity index is 1.58. The quantitative estimate of drug-likeness (QED) is 0.583. The first kappa shape index (κ1) is 15.6. The van der Waals surface area contributed by atoms with Crippen LogP contribution in [-0.2, 0) is 12.8 Å². The summed E-state index contributed by atoms with van der Waals surface area (Å²) in [5.74, 6) is 0. The van der Waals surface area contributed by atoms with E-state index < -0.39 is 0 Å². The van der Waals surface area contributed by atoms with Crippen molar-refractivity contribution in [3.63, 3.8) is 0 Å². The maximum absolute atomic E-state index is 2.42. The lowest BCUT2D eigenvalue weighted by atomic mass is 9.71. The summed E-state index contributed by atoms with van der Waals surface area (Å²) in [7, 11) is 0. The first-order chi connectivity index (χ1) is 12.5. The van der Waals surface area contributed by atoms with Crippen LogP contribution in [0.3, 0.4) is 0 Å². The second-order valence-corrected chi connectivity index (χ2v) is 8.33. The van der Waals surface area contributed by atoms with Gasteiger partial charge in [0.25, 0.3) is 0 Å². The zero-order valence-electron chi connectivity index (χ0n) is 15.8. The van der Waals surface area contributed by atoms with Crippen molar-refractivity contribution in [2.75, 3.05) is 0 Å². The van der Waals surface area contributed by atoms with E-state index in [0.717, 1.165) is 12.8 Å². The Morgan fingerprint density at radius 2 is 1.35 bits per heavy atom. The molecule has 3 aliphatic carbocycles. The predicted molar refractivity (Wildman–Crippen MR) is 111 cm³/mol. The lowest BCUT2D eigenvalue weighted by Crippen LogP contribution is -2.21. The molecule has 0 unspecified atom stereocenters. The Hall–Kier alpha value is -2.60. The van der Waals surface area contributed by atoms with Crippen LogP contribution >= 0.6 is 0 Å². The molecular weight excluding hydrogens is 312 g/mol. The lowest BCUT2D eigenvalue weighted by molar-refractivity contribution is 0.538. The van der Waals surface area contributed by atoms with Crippen LogP contribution in [0, 0.1) is 5.41 Å². The highest BCUT2D eigenvalue weighted by molar-refractivity contribution is 5.79. The number of benzene rings is 2. The summed E-state index contributed by atoms with van der Waals surface area (Å²) in [6.45, 7) is 7.10. The van der Waals surface area contributed by atoms with Crippen molar-refractivity contribution in [2.45, 2.75) is 33.6 Å². The molecule has 0 saturated carbocycles. The first-order valence-electron chi connectivity index (χ1n) is 9.55. The van der Waals surface area contributed by atoms with Gasteiger partial charge in [-0.05, 0) is 70.4 Å². The number of allylic oxidation sites excluding steroid dienone is 6. The van der Waals surface area contributed by atoms with Gasteiger partial charge in [0.15, 0.2) is 0 Å². The van der Waals surface area contributed by atoms with Gasteiger partial charge in [-0.3, -0.25) is 0 Å². The zero-order valence-corrected chi connectivity index (χ0v) is 15.8. The molecule has 128 valence electrons. The molecule has 0 atom stereocenters. The summed E-state index contributed by atoms with van der Waals surface area (Å²) < 4.78 is 0. The number of rotatable bonds is 2. The Kier molecular flexibility index (Phi) is 3.28. The van der Waals surface area contributed by atoms with Gasteiger partial charge < -0.3 is 0 Å².